The van der Waals surface area contributed by atoms with Gasteiger partial charge in [0.2, 0.25) is 12.3 Å². The maximum absolute atomic E-state index is 14.2. The van der Waals surface area contributed by atoms with E-state index in [-0.39, 0.29) is 24.0 Å². The minimum absolute atomic E-state index is 0.0235. The highest BCUT2D eigenvalue weighted by molar-refractivity contribution is 7.93. The SMILES string of the molecule is COc1cc2c(cc1-c1cccc(NC(=O)C(CSO)NC=O)c1)-c1c(c(C(=O)N3CCOCC3(C)C)nn1-c1cc(Cl)cc(Cl)c1)CO2. The van der Waals surface area contributed by atoms with Crippen molar-refractivity contribution in [2.24, 2.45) is 0 Å². The summed E-state index contributed by atoms with van der Waals surface area (Å²) in [5, 5.41) is 10.9. The fraction of sp³-hybridized carbons (Fsp3) is 0.294. The number of benzene rings is 3. The molecule has 256 valence electrons. The van der Waals surface area contributed by atoms with Crippen LogP contribution in [0, 0.1) is 0 Å². The molecule has 1 unspecified atom stereocenters. The third-order valence-corrected chi connectivity index (χ3v) is 9.28. The van der Waals surface area contributed by atoms with Crippen LogP contribution in [0.5, 0.6) is 11.5 Å². The van der Waals surface area contributed by atoms with Crippen LogP contribution in [0.25, 0.3) is 28.1 Å². The average molecular weight is 727 g/mol. The minimum Gasteiger partial charge on any atom is -0.496 e. The van der Waals surface area contributed by atoms with E-state index in [0.29, 0.717) is 99.1 Å². The second kappa shape index (κ2) is 14.3. The predicted molar refractivity (Wildman–Crippen MR) is 188 cm³/mol. The number of hydrogen-bond acceptors (Lipinski definition) is 9. The molecule has 0 bridgehead atoms. The van der Waals surface area contributed by atoms with Gasteiger partial charge in [-0.15, -0.1) is 0 Å². The van der Waals surface area contributed by atoms with Crippen LogP contribution in [0.15, 0.2) is 54.6 Å². The van der Waals surface area contributed by atoms with Crippen molar-refractivity contribution in [3.05, 3.63) is 75.9 Å². The van der Waals surface area contributed by atoms with E-state index in [1.54, 1.807) is 59.2 Å². The molecule has 4 aromatic rings. The molecule has 2 aliphatic heterocycles. The molecule has 0 aliphatic carbocycles. The van der Waals surface area contributed by atoms with E-state index in [1.807, 2.05) is 26.0 Å². The zero-order valence-electron chi connectivity index (χ0n) is 26.8. The molecule has 6 rings (SSSR count). The van der Waals surface area contributed by atoms with Gasteiger partial charge in [0.25, 0.3) is 5.91 Å². The molecule has 12 nitrogen and oxygen atoms in total. The lowest BCUT2D eigenvalue weighted by Gasteiger charge is -2.41. The lowest BCUT2D eigenvalue weighted by atomic mass is 9.95. The van der Waals surface area contributed by atoms with Crippen molar-refractivity contribution in [3.63, 3.8) is 0 Å². The van der Waals surface area contributed by atoms with Gasteiger partial charge in [-0.3, -0.25) is 14.4 Å². The van der Waals surface area contributed by atoms with Gasteiger partial charge < -0.3 is 34.3 Å². The number of carbonyl (C=O) groups excluding carboxylic acids is 3. The third kappa shape index (κ3) is 6.94. The number of fused-ring (bicyclic) bond motifs is 3. The van der Waals surface area contributed by atoms with E-state index in [2.05, 4.69) is 10.6 Å². The van der Waals surface area contributed by atoms with Gasteiger partial charge >= 0.3 is 0 Å². The molecule has 0 radical (unpaired) electrons. The van der Waals surface area contributed by atoms with Crippen molar-refractivity contribution in [2.75, 3.05) is 37.9 Å². The molecular formula is C34H33Cl2N5O7S. The van der Waals surface area contributed by atoms with Gasteiger partial charge in [-0.1, -0.05) is 35.3 Å². The number of morpholine rings is 1. The van der Waals surface area contributed by atoms with Crippen LogP contribution in [0.3, 0.4) is 0 Å². The fourth-order valence-corrected chi connectivity index (χ4v) is 6.92. The van der Waals surface area contributed by atoms with Crippen LogP contribution in [0.4, 0.5) is 5.69 Å². The number of amides is 3. The zero-order valence-corrected chi connectivity index (χ0v) is 29.1. The molecule has 3 aromatic carbocycles. The van der Waals surface area contributed by atoms with Crippen LogP contribution in [0.1, 0.15) is 29.9 Å². The van der Waals surface area contributed by atoms with Crippen molar-refractivity contribution >= 4 is 59.2 Å². The summed E-state index contributed by atoms with van der Waals surface area (Å²) in [6.07, 6.45) is 0.411. The molecule has 49 heavy (non-hydrogen) atoms. The first-order valence-corrected chi connectivity index (χ1v) is 16.9. The molecule has 1 fully saturated rings. The van der Waals surface area contributed by atoms with Crippen molar-refractivity contribution < 1.29 is 33.1 Å². The molecule has 2 aliphatic rings. The number of nitrogens with one attached hydrogen (secondary N) is 2. The van der Waals surface area contributed by atoms with Gasteiger partial charge in [0.05, 0.1) is 37.2 Å². The van der Waals surface area contributed by atoms with E-state index in [1.165, 1.54) is 0 Å². The first kappa shape index (κ1) is 34.6. The smallest absolute Gasteiger partial charge is 0.275 e. The molecule has 3 amide bonds. The molecule has 3 N–H and O–H groups in total. The van der Waals surface area contributed by atoms with Gasteiger partial charge in [0, 0.05) is 50.8 Å². The highest BCUT2D eigenvalue weighted by Crippen LogP contribution is 2.47. The number of methoxy groups -OCH3 is 1. The van der Waals surface area contributed by atoms with E-state index in [9.17, 15) is 18.9 Å². The summed E-state index contributed by atoms with van der Waals surface area (Å²) in [4.78, 5) is 39.9. The number of halogens is 2. The van der Waals surface area contributed by atoms with Gasteiger partial charge in [-0.05, 0) is 67.9 Å². The summed E-state index contributed by atoms with van der Waals surface area (Å²) in [7, 11) is 1.55. The van der Waals surface area contributed by atoms with Crippen molar-refractivity contribution in [1.82, 2.24) is 20.0 Å². The fourth-order valence-electron chi connectivity index (χ4n) is 6.01. The summed E-state index contributed by atoms with van der Waals surface area (Å²) >= 11 is 13.3. The third-order valence-electron chi connectivity index (χ3n) is 8.37. The normalized spacial score (nSPS) is 15.3. The van der Waals surface area contributed by atoms with Crippen LogP contribution < -0.4 is 20.1 Å². The summed E-state index contributed by atoms with van der Waals surface area (Å²) in [6.45, 7) is 5.20. The summed E-state index contributed by atoms with van der Waals surface area (Å²) in [6, 6.07) is 14.9. The Morgan fingerprint density at radius 2 is 1.92 bits per heavy atom. The highest BCUT2D eigenvalue weighted by Gasteiger charge is 2.39. The number of aromatic nitrogens is 2. The van der Waals surface area contributed by atoms with Crippen LogP contribution in [-0.4, -0.2) is 81.7 Å². The van der Waals surface area contributed by atoms with Crippen LogP contribution in [-0.2, 0) is 20.9 Å². The Morgan fingerprint density at radius 1 is 1.14 bits per heavy atom. The minimum atomic E-state index is -0.940. The number of anilines is 1. The number of hydrogen-bond donors (Lipinski definition) is 3. The second-order valence-corrected chi connectivity index (χ2v) is 13.5. The second-order valence-electron chi connectivity index (χ2n) is 12.1. The maximum Gasteiger partial charge on any atom is 0.275 e. The number of ether oxygens (including phenoxy) is 3. The Kier molecular flexibility index (Phi) is 10.1. The first-order valence-electron chi connectivity index (χ1n) is 15.2. The maximum atomic E-state index is 14.2. The van der Waals surface area contributed by atoms with E-state index in [4.69, 9.17) is 42.5 Å². The molecule has 0 saturated carbocycles. The molecule has 1 saturated heterocycles. The standard InChI is InChI=1S/C34H33Cl2N5O7S/c1-34(2)17-47-8-7-40(34)33(44)30-26-15-48-29-14-28(46-3)24(13-25(29)31(26)41(39-30)23-11-20(35)10-21(36)12-23)19-5-4-6-22(9-19)38-32(43)27(16-49-45)37-18-42/h4-6,9-14,18,27,45H,7-8,15-17H2,1-3H3,(H,37,42)(H,38,43). The monoisotopic (exact) mass is 725 g/mol. The average Bonchev–Trinajstić information content (AvgIpc) is 3.47. The summed E-state index contributed by atoms with van der Waals surface area (Å²) in [5.74, 6) is 0.256. The summed E-state index contributed by atoms with van der Waals surface area (Å²) in [5.41, 5.74) is 3.95. The van der Waals surface area contributed by atoms with Crippen LogP contribution >= 0.6 is 35.2 Å². The molecule has 3 heterocycles. The molecule has 1 atom stereocenters. The number of nitrogens with zero attached hydrogens (tertiary/aromatic N) is 3. The van der Waals surface area contributed by atoms with Crippen molar-refractivity contribution in [3.8, 4) is 39.6 Å². The van der Waals surface area contributed by atoms with E-state index >= 15 is 0 Å². The molecule has 0 spiro atoms. The van der Waals surface area contributed by atoms with Crippen molar-refractivity contribution in [1.29, 1.82) is 0 Å². The predicted octanol–water partition coefficient (Wildman–Crippen LogP) is 5.92. The molecule has 15 heteroatoms. The Bertz CT molecular complexity index is 1910. The van der Waals surface area contributed by atoms with E-state index < -0.39 is 17.5 Å². The van der Waals surface area contributed by atoms with Crippen molar-refractivity contribution in [2.45, 2.75) is 32.0 Å². The Hall–Kier alpha value is -4.27. The van der Waals surface area contributed by atoms with Crippen LogP contribution in [0.2, 0.25) is 10.0 Å². The largest absolute Gasteiger partial charge is 0.496 e. The van der Waals surface area contributed by atoms with E-state index in [0.717, 1.165) is 0 Å². The van der Waals surface area contributed by atoms with Gasteiger partial charge in [0.15, 0.2) is 5.69 Å². The first-order chi connectivity index (χ1) is 23.5. The molecule has 1 aromatic heterocycles. The Morgan fingerprint density at radius 3 is 2.61 bits per heavy atom. The topological polar surface area (TPSA) is 144 Å². The van der Waals surface area contributed by atoms with Gasteiger partial charge in [-0.25, -0.2) is 4.68 Å². The molecular weight excluding hydrogens is 693 g/mol. The lowest BCUT2D eigenvalue weighted by Crippen LogP contribution is -2.55. The Balaban J connectivity index is 1.48. The van der Waals surface area contributed by atoms with Gasteiger partial charge in [-0.2, -0.15) is 5.10 Å². The zero-order chi connectivity index (χ0) is 34.9. The van der Waals surface area contributed by atoms with Gasteiger partial charge in [0.1, 0.15) is 24.1 Å². The quantitative estimate of drug-likeness (QED) is 0.134. The number of rotatable bonds is 10. The number of carbonyl (C=O) groups is 3. The lowest BCUT2D eigenvalue weighted by molar-refractivity contribution is -0.120. The summed E-state index contributed by atoms with van der Waals surface area (Å²) < 4.78 is 28.6. The Labute approximate surface area is 296 Å². The highest BCUT2D eigenvalue weighted by atomic mass is 35.5.